The summed E-state index contributed by atoms with van der Waals surface area (Å²) in [7, 11) is 0. The van der Waals surface area contributed by atoms with Gasteiger partial charge in [0.1, 0.15) is 23.2 Å². The molecule has 0 bridgehead atoms. The van der Waals surface area contributed by atoms with Crippen LogP contribution in [-0.4, -0.2) is 30.8 Å². The maximum atomic E-state index is 13.5. The Kier molecular flexibility index (Phi) is 5.55. The molecule has 37 heavy (non-hydrogen) atoms. The fourth-order valence-electron chi connectivity index (χ4n) is 4.79. The molecule has 1 aliphatic heterocycles. The third-order valence-electron chi connectivity index (χ3n) is 6.72. The lowest BCUT2D eigenvalue weighted by Gasteiger charge is -2.16. The first kappa shape index (κ1) is 23.7. The maximum Gasteiger partial charge on any atom is 0.416 e. The molecule has 1 aromatic carbocycles. The molecule has 0 amide bonds. The van der Waals surface area contributed by atoms with E-state index in [1.54, 1.807) is 4.40 Å². The van der Waals surface area contributed by atoms with Crippen LogP contribution in [-0.2, 0) is 17.5 Å². The monoisotopic (exact) mass is 526 g/mol. The number of nitrogens with one attached hydrogen (secondary N) is 1. The molecular formula is C26H21F3N4O3S. The zero-order chi connectivity index (χ0) is 25.9. The molecule has 0 spiro atoms. The Labute approximate surface area is 213 Å². The van der Waals surface area contributed by atoms with Gasteiger partial charge in [-0.3, -0.25) is 13.8 Å². The van der Waals surface area contributed by atoms with Crippen LogP contribution in [0.4, 0.5) is 19.0 Å². The Morgan fingerprint density at radius 1 is 1.16 bits per heavy atom. The topological polar surface area (TPSA) is 88.6 Å². The molecule has 7 nitrogen and oxygen atoms in total. The number of nitrogens with zero attached hydrogens (tertiary/aromatic N) is 3. The minimum Gasteiger partial charge on any atom is -0.480 e. The van der Waals surface area contributed by atoms with Gasteiger partial charge in [0.05, 0.1) is 10.6 Å². The average Bonchev–Trinajstić information content (AvgIpc) is 3.48. The normalized spacial score (nSPS) is 17.2. The van der Waals surface area contributed by atoms with Crippen molar-refractivity contribution in [3.8, 4) is 11.3 Å². The first-order valence-corrected chi connectivity index (χ1v) is 12.7. The number of fused-ring (bicyclic) bond motifs is 2. The van der Waals surface area contributed by atoms with E-state index in [9.17, 15) is 27.9 Å². The highest BCUT2D eigenvalue weighted by atomic mass is 32.2. The van der Waals surface area contributed by atoms with E-state index in [0.29, 0.717) is 28.6 Å². The second kappa shape index (κ2) is 8.69. The van der Waals surface area contributed by atoms with Crippen molar-refractivity contribution in [2.45, 2.75) is 42.5 Å². The second-order valence-corrected chi connectivity index (χ2v) is 10.2. The van der Waals surface area contributed by atoms with Gasteiger partial charge in [-0.05, 0) is 42.0 Å². The molecule has 4 aromatic rings. The van der Waals surface area contributed by atoms with Crippen molar-refractivity contribution in [2.24, 2.45) is 0 Å². The number of carboxylic acids is 1. The van der Waals surface area contributed by atoms with Gasteiger partial charge >= 0.3 is 12.1 Å². The van der Waals surface area contributed by atoms with E-state index in [0.717, 1.165) is 36.1 Å². The van der Waals surface area contributed by atoms with Crippen molar-refractivity contribution < 1.29 is 23.1 Å². The number of pyridine rings is 2. The van der Waals surface area contributed by atoms with Crippen LogP contribution in [0.15, 0.2) is 64.5 Å². The van der Waals surface area contributed by atoms with Gasteiger partial charge in [0.15, 0.2) is 0 Å². The predicted molar refractivity (Wildman–Crippen MR) is 133 cm³/mol. The summed E-state index contributed by atoms with van der Waals surface area (Å²) in [6, 6.07) is 12.0. The van der Waals surface area contributed by atoms with E-state index in [4.69, 9.17) is 0 Å². The molecule has 1 aliphatic carbocycles. The standard InChI is InChI=1S/C26H21F3N4O3S/c27-26(28,29)16-8-9-32-19(10-16)31-22(23(32)30-12-14-4-2-1-3-5-14)17-11-20(34)33-18(25(35)36)13-37-24(33)21(17)15-6-7-15/h1-5,8-11,15,18,30H,6-7,12-13H2,(H,35,36). The number of hydrogen-bond acceptors (Lipinski definition) is 5. The largest absolute Gasteiger partial charge is 0.480 e. The number of carboxylic acid groups (broad SMARTS) is 1. The summed E-state index contributed by atoms with van der Waals surface area (Å²) in [4.78, 5) is 29.6. The number of carbonyl (C=O) groups is 1. The number of hydrogen-bond donors (Lipinski definition) is 2. The van der Waals surface area contributed by atoms with Crippen LogP contribution in [0.2, 0.25) is 0 Å². The van der Waals surface area contributed by atoms with E-state index in [1.807, 2.05) is 30.3 Å². The number of alkyl halides is 3. The van der Waals surface area contributed by atoms with Crippen molar-refractivity contribution in [3.05, 3.63) is 81.8 Å². The molecule has 4 heterocycles. The smallest absolute Gasteiger partial charge is 0.416 e. The fraction of sp³-hybridized carbons (Fsp3) is 0.269. The van der Waals surface area contributed by atoms with E-state index < -0.39 is 29.3 Å². The predicted octanol–water partition coefficient (Wildman–Crippen LogP) is 5.40. The maximum absolute atomic E-state index is 13.5. The zero-order valence-electron chi connectivity index (χ0n) is 19.3. The third kappa shape index (κ3) is 4.16. The van der Waals surface area contributed by atoms with E-state index >= 15 is 0 Å². The highest BCUT2D eigenvalue weighted by molar-refractivity contribution is 7.99. The Morgan fingerprint density at radius 3 is 2.59 bits per heavy atom. The summed E-state index contributed by atoms with van der Waals surface area (Å²) in [5, 5.41) is 13.6. The Balaban J connectivity index is 1.56. The Hall–Kier alpha value is -3.73. The van der Waals surface area contributed by atoms with Crippen molar-refractivity contribution in [3.63, 3.8) is 0 Å². The Bertz CT molecular complexity index is 1590. The highest BCUT2D eigenvalue weighted by Crippen LogP contribution is 2.51. The van der Waals surface area contributed by atoms with Gasteiger partial charge in [0.25, 0.3) is 5.56 Å². The van der Waals surface area contributed by atoms with Crippen molar-refractivity contribution in [2.75, 3.05) is 11.1 Å². The lowest BCUT2D eigenvalue weighted by atomic mass is 10.0. The molecule has 1 atom stereocenters. The molecule has 0 saturated heterocycles. The molecule has 190 valence electrons. The van der Waals surface area contributed by atoms with Crippen LogP contribution in [0.1, 0.15) is 41.5 Å². The number of aromatic nitrogens is 3. The number of aliphatic carboxylic acids is 1. The van der Waals surface area contributed by atoms with Crippen LogP contribution < -0.4 is 10.9 Å². The Morgan fingerprint density at radius 2 is 1.92 bits per heavy atom. The summed E-state index contributed by atoms with van der Waals surface area (Å²) in [6.07, 6.45) is -1.43. The number of thioether (sulfide) groups is 1. The molecule has 3 aromatic heterocycles. The second-order valence-electron chi connectivity index (χ2n) is 9.21. The molecule has 1 fully saturated rings. The average molecular weight is 527 g/mol. The molecular weight excluding hydrogens is 505 g/mol. The van der Waals surface area contributed by atoms with Crippen LogP contribution in [0.3, 0.4) is 0 Å². The molecule has 2 N–H and O–H groups in total. The van der Waals surface area contributed by atoms with Gasteiger partial charge in [-0.1, -0.05) is 30.3 Å². The van der Waals surface area contributed by atoms with Crippen LogP contribution in [0, 0.1) is 0 Å². The van der Waals surface area contributed by atoms with Gasteiger partial charge in [-0.15, -0.1) is 11.8 Å². The number of rotatable bonds is 6. The van der Waals surface area contributed by atoms with Crippen LogP contribution in [0.5, 0.6) is 0 Å². The fourth-order valence-corrected chi connectivity index (χ4v) is 6.19. The lowest BCUT2D eigenvalue weighted by molar-refractivity contribution is -0.140. The van der Waals surface area contributed by atoms with Crippen molar-refractivity contribution in [1.29, 1.82) is 0 Å². The van der Waals surface area contributed by atoms with Crippen molar-refractivity contribution >= 4 is 29.2 Å². The van der Waals surface area contributed by atoms with Crippen LogP contribution >= 0.6 is 11.8 Å². The van der Waals surface area contributed by atoms with Gasteiger partial charge in [0.2, 0.25) is 0 Å². The van der Waals surface area contributed by atoms with Crippen LogP contribution in [0.25, 0.3) is 16.9 Å². The van der Waals surface area contributed by atoms with Crippen molar-refractivity contribution in [1.82, 2.24) is 14.0 Å². The molecule has 0 radical (unpaired) electrons. The van der Waals surface area contributed by atoms with Gasteiger partial charge in [-0.25, -0.2) is 9.78 Å². The first-order chi connectivity index (χ1) is 17.7. The number of benzene rings is 1. The number of halogens is 3. The summed E-state index contributed by atoms with van der Waals surface area (Å²) in [5.74, 6) is -0.223. The van der Waals surface area contributed by atoms with Gasteiger partial charge in [-0.2, -0.15) is 13.2 Å². The highest BCUT2D eigenvalue weighted by Gasteiger charge is 2.39. The van der Waals surface area contributed by atoms with Gasteiger partial charge in [0, 0.05) is 30.1 Å². The van der Waals surface area contributed by atoms with E-state index in [2.05, 4.69) is 10.3 Å². The third-order valence-corrected chi connectivity index (χ3v) is 7.89. The summed E-state index contributed by atoms with van der Waals surface area (Å²) in [6.45, 7) is 0.390. The summed E-state index contributed by atoms with van der Waals surface area (Å²) in [5.41, 5.74) is 1.53. The minimum absolute atomic E-state index is 0.0961. The molecule has 11 heteroatoms. The minimum atomic E-state index is -4.53. The van der Waals surface area contributed by atoms with Gasteiger partial charge < -0.3 is 10.4 Å². The SMILES string of the molecule is O=C(O)C1CSc2c(C3CC3)c(-c3nc4cc(C(F)(F)F)ccn4c3NCc3ccccc3)cc(=O)n21. The summed E-state index contributed by atoms with van der Waals surface area (Å²) >= 11 is 1.33. The molecule has 1 saturated carbocycles. The lowest BCUT2D eigenvalue weighted by Crippen LogP contribution is -2.29. The first-order valence-electron chi connectivity index (χ1n) is 11.7. The quantitative estimate of drug-likeness (QED) is 0.350. The molecule has 6 rings (SSSR count). The molecule has 1 unspecified atom stereocenters. The van der Waals surface area contributed by atoms with E-state index in [1.165, 1.54) is 28.6 Å². The number of anilines is 1. The summed E-state index contributed by atoms with van der Waals surface area (Å²) < 4.78 is 43.2. The van der Waals surface area contributed by atoms with E-state index in [-0.39, 0.29) is 17.3 Å². The number of imidazole rings is 1. The molecule has 2 aliphatic rings. The zero-order valence-corrected chi connectivity index (χ0v) is 20.1.